The van der Waals surface area contributed by atoms with Gasteiger partial charge in [0.25, 0.3) is 0 Å². The van der Waals surface area contributed by atoms with Gasteiger partial charge in [-0.15, -0.1) is 0 Å². The van der Waals surface area contributed by atoms with Crippen LogP contribution in [-0.2, 0) is 28.4 Å². The van der Waals surface area contributed by atoms with Crippen LogP contribution in [0.1, 0.15) is 33.6 Å². The van der Waals surface area contributed by atoms with Gasteiger partial charge in [-0.05, 0) is 49.2 Å². The van der Waals surface area contributed by atoms with Crippen molar-refractivity contribution in [1.29, 1.82) is 0 Å². The molecule has 2 saturated heterocycles. The van der Waals surface area contributed by atoms with Gasteiger partial charge in [0, 0.05) is 10.0 Å². The van der Waals surface area contributed by atoms with Gasteiger partial charge < -0.3 is 39.1 Å². The largest absolute Gasteiger partial charge is 0.440 e. The van der Waals surface area contributed by atoms with E-state index in [9.17, 15) is 45.5 Å². The van der Waals surface area contributed by atoms with Crippen LogP contribution in [0.5, 0.6) is 0 Å². The fourth-order valence-electron chi connectivity index (χ4n) is 3.97. The molecule has 4 rings (SSSR count). The van der Waals surface area contributed by atoms with Crippen LogP contribution < -0.4 is 10.6 Å². The third kappa shape index (κ3) is 13.7. The maximum atomic E-state index is 12.1. The summed E-state index contributed by atoms with van der Waals surface area (Å²) in [6, 6.07) is 6.56. The van der Waals surface area contributed by atoms with Gasteiger partial charge in [0.05, 0.1) is 46.5 Å². The van der Waals surface area contributed by atoms with Crippen molar-refractivity contribution in [2.45, 2.75) is 49.9 Å². The van der Waals surface area contributed by atoms with Crippen molar-refractivity contribution >= 4 is 70.5 Å². The van der Waals surface area contributed by atoms with Gasteiger partial charge >= 0.3 is 36.5 Å². The number of amides is 2. The van der Waals surface area contributed by atoms with Gasteiger partial charge in [-0.2, -0.15) is 26.3 Å². The molecule has 4 atom stereocenters. The summed E-state index contributed by atoms with van der Waals surface area (Å²) >= 11 is 23.2. The van der Waals surface area contributed by atoms with E-state index in [0.717, 1.165) is 0 Å². The number of rotatable bonds is 8. The van der Waals surface area contributed by atoms with Gasteiger partial charge in [-0.3, -0.25) is 0 Å². The summed E-state index contributed by atoms with van der Waals surface area (Å²) in [5.74, 6) is -1.66. The summed E-state index contributed by atoms with van der Waals surface area (Å²) in [6.07, 6.45) is -13.8. The maximum Gasteiger partial charge on any atom is 0.422 e. The lowest BCUT2D eigenvalue weighted by Crippen LogP contribution is -2.43. The Balaban J connectivity index is 0.000000270. The average Bonchev–Trinajstić information content (AvgIpc) is 3.63. The lowest BCUT2D eigenvalue weighted by molar-refractivity contribution is -0.161. The molecule has 2 heterocycles. The molecule has 0 saturated carbocycles. The molecule has 0 radical (unpaired) electrons. The van der Waals surface area contributed by atoms with Crippen LogP contribution >= 0.6 is 46.4 Å². The van der Waals surface area contributed by atoms with Crippen LogP contribution in [0.15, 0.2) is 36.4 Å². The Morgan fingerprint density at radius 2 is 1.02 bits per heavy atom. The first-order valence-corrected chi connectivity index (χ1v) is 15.4. The van der Waals surface area contributed by atoms with E-state index in [1.165, 1.54) is 36.4 Å². The second kappa shape index (κ2) is 18.2. The number of carbonyl (C=O) groups is 4. The highest BCUT2D eigenvalue weighted by Crippen LogP contribution is 2.26. The number of halogens is 10. The van der Waals surface area contributed by atoms with Gasteiger partial charge in [0.1, 0.15) is 0 Å². The first-order valence-electron chi connectivity index (χ1n) is 13.9. The predicted octanol–water partition coefficient (Wildman–Crippen LogP) is 7.11. The third-order valence-electron chi connectivity index (χ3n) is 6.17. The molecule has 2 N–H and O–H groups in total. The van der Waals surface area contributed by atoms with Gasteiger partial charge in [0.2, 0.25) is 12.6 Å². The minimum atomic E-state index is -4.64. The number of benzene rings is 2. The molecule has 2 fully saturated rings. The smallest absolute Gasteiger partial charge is 0.422 e. The molecule has 0 aromatic heterocycles. The molecule has 276 valence electrons. The summed E-state index contributed by atoms with van der Waals surface area (Å²) in [7, 11) is 0. The molecule has 0 spiro atoms. The van der Waals surface area contributed by atoms with Crippen molar-refractivity contribution in [3.8, 4) is 0 Å². The summed E-state index contributed by atoms with van der Waals surface area (Å²) in [5.41, 5.74) is 0.0555. The van der Waals surface area contributed by atoms with E-state index in [1.807, 2.05) is 0 Å². The zero-order valence-corrected chi connectivity index (χ0v) is 27.9. The van der Waals surface area contributed by atoms with E-state index in [0.29, 0.717) is 10.0 Å². The second-order valence-corrected chi connectivity index (χ2v) is 11.7. The van der Waals surface area contributed by atoms with Crippen LogP contribution in [0.4, 0.5) is 35.9 Å². The van der Waals surface area contributed by atoms with Crippen molar-refractivity contribution in [3.05, 3.63) is 67.6 Å². The van der Waals surface area contributed by atoms with E-state index in [-0.39, 0.29) is 47.2 Å². The van der Waals surface area contributed by atoms with E-state index >= 15 is 0 Å². The minimum absolute atomic E-state index is 0.0277. The highest BCUT2D eigenvalue weighted by molar-refractivity contribution is 6.37. The van der Waals surface area contributed by atoms with Gasteiger partial charge in [-0.1, -0.05) is 46.4 Å². The van der Waals surface area contributed by atoms with Crippen molar-refractivity contribution < 1.29 is 73.9 Å². The maximum absolute atomic E-state index is 12.1. The Labute approximate surface area is 298 Å². The number of alkyl carbamates (subject to hydrolysis) is 2. The first-order chi connectivity index (χ1) is 23.3. The first kappa shape index (κ1) is 41.0. The highest BCUT2D eigenvalue weighted by Gasteiger charge is 2.37. The van der Waals surface area contributed by atoms with Crippen LogP contribution in [0.25, 0.3) is 0 Å². The molecule has 50 heavy (non-hydrogen) atoms. The Bertz CT molecular complexity index is 1420. The summed E-state index contributed by atoms with van der Waals surface area (Å²) < 4.78 is 101. The molecule has 0 unspecified atom stereocenters. The lowest BCUT2D eigenvalue weighted by Gasteiger charge is -2.20. The number of hydrogen-bond donors (Lipinski definition) is 2. The molecule has 0 aliphatic carbocycles. The van der Waals surface area contributed by atoms with Crippen LogP contribution in [0, 0.1) is 0 Å². The summed E-state index contributed by atoms with van der Waals surface area (Å²) in [4.78, 5) is 46.9. The topological polar surface area (TPSA) is 148 Å². The number of hydrogen-bond acceptors (Lipinski definition) is 10. The van der Waals surface area contributed by atoms with Crippen LogP contribution in [0.3, 0.4) is 0 Å². The molecule has 0 bridgehead atoms. The normalized spacial score (nSPS) is 20.2. The van der Waals surface area contributed by atoms with Gasteiger partial charge in [-0.25, -0.2) is 19.2 Å². The fourth-order valence-corrected chi connectivity index (χ4v) is 4.94. The number of nitrogens with one attached hydrogen (secondary N) is 2. The Hall–Kier alpha value is -3.42. The molecule has 2 amide bonds. The Morgan fingerprint density at radius 3 is 1.34 bits per heavy atom. The van der Waals surface area contributed by atoms with Crippen molar-refractivity contribution in [3.63, 3.8) is 0 Å². The minimum Gasteiger partial charge on any atom is -0.440 e. The predicted molar refractivity (Wildman–Crippen MR) is 161 cm³/mol. The standard InChI is InChI=1S/2C14H12Cl2F3NO5/c2*15-7-1-2-8(9(16)5-7)11(21)25-12-10(3-4-23-12)20-13(22)24-6-14(17,18)19/h2*1-2,5,10,12H,3-4,6H2,(H,20,22)/t2*10-,12-/m11/s1. The van der Waals surface area contributed by atoms with Crippen molar-refractivity contribution in [2.24, 2.45) is 0 Å². The van der Waals surface area contributed by atoms with E-state index < -0.39 is 74.4 Å². The number of carbonyl (C=O) groups excluding carboxylic acids is 4. The van der Waals surface area contributed by atoms with Crippen molar-refractivity contribution in [1.82, 2.24) is 10.6 Å². The van der Waals surface area contributed by atoms with E-state index in [1.54, 1.807) is 0 Å². The molecule has 2 aromatic carbocycles. The van der Waals surface area contributed by atoms with Crippen molar-refractivity contribution in [2.75, 3.05) is 26.4 Å². The summed E-state index contributed by atoms with van der Waals surface area (Å²) in [6.45, 7) is -3.18. The Morgan fingerprint density at radius 1 is 0.660 bits per heavy atom. The highest BCUT2D eigenvalue weighted by atomic mass is 35.5. The molecule has 2 aromatic rings. The summed E-state index contributed by atoms with van der Waals surface area (Å²) in [5, 5.41) is 5.10. The van der Waals surface area contributed by atoms with Gasteiger partial charge in [0.15, 0.2) is 13.2 Å². The number of alkyl halides is 6. The van der Waals surface area contributed by atoms with E-state index in [4.69, 9.17) is 65.4 Å². The Kier molecular flexibility index (Phi) is 14.9. The zero-order valence-electron chi connectivity index (χ0n) is 24.9. The molecular weight excluding hydrogens is 780 g/mol. The monoisotopic (exact) mass is 802 g/mol. The fraction of sp³-hybridized carbons (Fsp3) is 0.429. The molecular formula is C28H24Cl4F6N2O10. The number of esters is 2. The lowest BCUT2D eigenvalue weighted by atomic mass is 10.2. The quantitative estimate of drug-likeness (QED) is 0.161. The third-order valence-corrected chi connectivity index (χ3v) is 7.26. The number of ether oxygens (including phenoxy) is 6. The second-order valence-electron chi connectivity index (χ2n) is 10.00. The van der Waals surface area contributed by atoms with Crippen LogP contribution in [0.2, 0.25) is 20.1 Å². The molecule has 12 nitrogen and oxygen atoms in total. The van der Waals surface area contributed by atoms with E-state index in [2.05, 4.69) is 20.1 Å². The molecule has 2 aliphatic heterocycles. The van der Waals surface area contributed by atoms with Crippen LogP contribution in [-0.4, -0.2) is 87.6 Å². The SMILES string of the molecule is O=C(N[C@@H]1CCO[C@@H]1OC(=O)c1ccc(Cl)cc1Cl)OCC(F)(F)F.O=C(N[C@@H]1CCO[C@@H]1OC(=O)c1ccc(Cl)cc1Cl)OCC(F)(F)F. The zero-order chi connectivity index (χ0) is 37.2. The molecule has 22 heteroatoms. The average molecular weight is 804 g/mol. The molecule has 2 aliphatic rings.